The Hall–Kier alpha value is -2.68. The van der Waals surface area contributed by atoms with Crippen LogP contribution in [-0.4, -0.2) is 62.4 Å². The van der Waals surface area contributed by atoms with Crippen LogP contribution in [0.15, 0.2) is 59.5 Å². The average molecular weight is 428 g/mol. The molecule has 0 spiro atoms. The molecule has 0 saturated carbocycles. The van der Waals surface area contributed by atoms with Crippen LogP contribution in [0.3, 0.4) is 0 Å². The molecule has 158 valence electrons. The van der Waals surface area contributed by atoms with E-state index in [0.717, 1.165) is 12.1 Å². The molecule has 2 aromatic carbocycles. The Morgan fingerprint density at radius 1 is 1.10 bits per heavy atom. The van der Waals surface area contributed by atoms with Gasteiger partial charge in [-0.2, -0.15) is 4.31 Å². The Bertz CT molecular complexity index is 1050. The van der Waals surface area contributed by atoms with Gasteiger partial charge in [-0.1, -0.05) is 42.5 Å². The molecule has 2 heterocycles. The molecule has 7 nitrogen and oxygen atoms in total. The monoisotopic (exact) mass is 427 g/mol. The maximum absolute atomic E-state index is 13.1. The highest BCUT2D eigenvalue weighted by molar-refractivity contribution is 7.89. The van der Waals surface area contributed by atoms with Gasteiger partial charge in [-0.05, 0) is 30.7 Å². The molecule has 2 aliphatic rings. The van der Waals surface area contributed by atoms with Crippen molar-refractivity contribution in [3.05, 3.63) is 60.2 Å². The van der Waals surface area contributed by atoms with Crippen molar-refractivity contribution in [3.63, 3.8) is 0 Å². The standard InChI is InChI=1S/C22H25N3O4S/c1-17-22(26)23-20-16-19(9-10-21(20)29-17)30(27,28)25-14-12-24(13-15-25)11-5-8-18-6-3-2-4-7-18/h2-10,16-17H,11-15H2,1H3,(H,23,26)/b8-5+. The summed E-state index contributed by atoms with van der Waals surface area (Å²) in [6.45, 7) is 4.62. The number of amides is 1. The van der Waals surface area contributed by atoms with E-state index < -0.39 is 16.1 Å². The number of hydrogen-bond acceptors (Lipinski definition) is 5. The number of carbonyl (C=O) groups is 1. The van der Waals surface area contributed by atoms with Gasteiger partial charge in [0.05, 0.1) is 10.6 Å². The summed E-state index contributed by atoms with van der Waals surface area (Å²) in [5, 5.41) is 2.71. The number of nitrogens with one attached hydrogen (secondary N) is 1. The molecule has 0 radical (unpaired) electrons. The number of sulfonamides is 1. The molecular formula is C22H25N3O4S. The van der Waals surface area contributed by atoms with Crippen LogP contribution in [0, 0.1) is 0 Å². The summed E-state index contributed by atoms with van der Waals surface area (Å²) in [7, 11) is -3.63. The van der Waals surface area contributed by atoms with Crippen molar-refractivity contribution in [2.75, 3.05) is 38.0 Å². The molecule has 0 aromatic heterocycles. The predicted molar refractivity (Wildman–Crippen MR) is 116 cm³/mol. The van der Waals surface area contributed by atoms with Crippen LogP contribution in [0.25, 0.3) is 6.08 Å². The Labute approximate surface area is 177 Å². The summed E-state index contributed by atoms with van der Waals surface area (Å²) in [5.41, 5.74) is 1.54. The van der Waals surface area contributed by atoms with E-state index in [0.29, 0.717) is 37.6 Å². The maximum atomic E-state index is 13.1. The molecular weight excluding hydrogens is 402 g/mol. The Balaban J connectivity index is 1.38. The number of benzene rings is 2. The summed E-state index contributed by atoms with van der Waals surface area (Å²) in [6, 6.07) is 14.7. The number of hydrogen-bond donors (Lipinski definition) is 1. The number of nitrogens with zero attached hydrogens (tertiary/aromatic N) is 2. The van der Waals surface area contributed by atoms with Gasteiger partial charge in [0.25, 0.3) is 5.91 Å². The number of rotatable bonds is 5. The van der Waals surface area contributed by atoms with Crippen LogP contribution in [0.5, 0.6) is 5.75 Å². The van der Waals surface area contributed by atoms with Crippen molar-refractivity contribution < 1.29 is 17.9 Å². The number of ether oxygens (including phenoxy) is 1. The van der Waals surface area contributed by atoms with Gasteiger partial charge < -0.3 is 10.1 Å². The zero-order valence-corrected chi connectivity index (χ0v) is 17.6. The van der Waals surface area contributed by atoms with E-state index in [1.807, 2.05) is 30.3 Å². The smallest absolute Gasteiger partial charge is 0.265 e. The van der Waals surface area contributed by atoms with Gasteiger partial charge in [0.1, 0.15) is 5.75 Å². The Morgan fingerprint density at radius 3 is 2.57 bits per heavy atom. The highest BCUT2D eigenvalue weighted by Gasteiger charge is 2.30. The van der Waals surface area contributed by atoms with Crippen molar-refractivity contribution in [2.45, 2.75) is 17.9 Å². The van der Waals surface area contributed by atoms with E-state index in [1.165, 1.54) is 16.4 Å². The highest BCUT2D eigenvalue weighted by atomic mass is 32.2. The van der Waals surface area contributed by atoms with E-state index in [1.54, 1.807) is 13.0 Å². The van der Waals surface area contributed by atoms with Gasteiger partial charge in [0, 0.05) is 32.7 Å². The number of piperazine rings is 1. The lowest BCUT2D eigenvalue weighted by molar-refractivity contribution is -0.122. The zero-order chi connectivity index (χ0) is 21.1. The molecule has 1 N–H and O–H groups in total. The second-order valence-electron chi connectivity index (χ2n) is 7.43. The van der Waals surface area contributed by atoms with Crippen molar-refractivity contribution in [1.29, 1.82) is 0 Å². The summed E-state index contributed by atoms with van der Waals surface area (Å²) in [6.07, 6.45) is 3.59. The summed E-state index contributed by atoms with van der Waals surface area (Å²) in [5.74, 6) is 0.199. The first kappa shape index (κ1) is 20.6. The fourth-order valence-corrected chi connectivity index (χ4v) is 5.00. The largest absolute Gasteiger partial charge is 0.479 e. The SMILES string of the molecule is CC1Oc2ccc(S(=O)(=O)N3CCN(C/C=C/c4ccccc4)CC3)cc2NC1=O. The number of fused-ring (bicyclic) bond motifs is 1. The lowest BCUT2D eigenvalue weighted by Gasteiger charge is -2.33. The minimum Gasteiger partial charge on any atom is -0.479 e. The van der Waals surface area contributed by atoms with E-state index in [-0.39, 0.29) is 10.8 Å². The van der Waals surface area contributed by atoms with Crippen LogP contribution in [0.2, 0.25) is 0 Å². The Morgan fingerprint density at radius 2 is 1.83 bits per heavy atom. The molecule has 30 heavy (non-hydrogen) atoms. The van der Waals surface area contributed by atoms with Crippen molar-refractivity contribution >= 4 is 27.7 Å². The predicted octanol–water partition coefficient (Wildman–Crippen LogP) is 2.43. The fraction of sp³-hybridized carbons (Fsp3) is 0.318. The number of carbonyl (C=O) groups excluding carboxylic acids is 1. The molecule has 8 heteroatoms. The van der Waals surface area contributed by atoms with Gasteiger partial charge in [0.15, 0.2) is 6.10 Å². The van der Waals surface area contributed by atoms with Gasteiger partial charge in [-0.3, -0.25) is 9.69 Å². The van der Waals surface area contributed by atoms with Gasteiger partial charge >= 0.3 is 0 Å². The van der Waals surface area contributed by atoms with Gasteiger partial charge in [-0.25, -0.2) is 8.42 Å². The maximum Gasteiger partial charge on any atom is 0.265 e. The van der Waals surface area contributed by atoms with Crippen LogP contribution in [-0.2, 0) is 14.8 Å². The third kappa shape index (κ3) is 4.40. The topological polar surface area (TPSA) is 79.0 Å². The highest BCUT2D eigenvalue weighted by Crippen LogP contribution is 2.32. The molecule has 1 unspecified atom stereocenters. The summed E-state index contributed by atoms with van der Waals surface area (Å²) >= 11 is 0. The summed E-state index contributed by atoms with van der Waals surface area (Å²) < 4.78 is 33.1. The molecule has 1 atom stereocenters. The first-order chi connectivity index (χ1) is 14.4. The molecule has 2 aliphatic heterocycles. The summed E-state index contributed by atoms with van der Waals surface area (Å²) in [4.78, 5) is 14.2. The average Bonchev–Trinajstić information content (AvgIpc) is 2.75. The Kier molecular flexibility index (Phi) is 5.90. The lowest BCUT2D eigenvalue weighted by Crippen LogP contribution is -2.48. The van der Waals surface area contributed by atoms with E-state index >= 15 is 0 Å². The minimum absolute atomic E-state index is 0.164. The van der Waals surface area contributed by atoms with Crippen LogP contribution in [0.1, 0.15) is 12.5 Å². The van der Waals surface area contributed by atoms with Crippen molar-refractivity contribution in [3.8, 4) is 5.75 Å². The first-order valence-corrected chi connectivity index (χ1v) is 11.4. The number of anilines is 1. The normalized spacial score (nSPS) is 20.6. The minimum atomic E-state index is -3.63. The fourth-order valence-electron chi connectivity index (χ4n) is 3.55. The molecule has 2 aromatic rings. The van der Waals surface area contributed by atoms with E-state index in [4.69, 9.17) is 4.74 Å². The quantitative estimate of drug-likeness (QED) is 0.793. The molecule has 0 aliphatic carbocycles. The van der Waals surface area contributed by atoms with Crippen LogP contribution < -0.4 is 10.1 Å². The van der Waals surface area contributed by atoms with Crippen LogP contribution >= 0.6 is 0 Å². The van der Waals surface area contributed by atoms with E-state index in [2.05, 4.69) is 22.4 Å². The lowest BCUT2D eigenvalue weighted by atomic mass is 10.2. The third-order valence-electron chi connectivity index (χ3n) is 5.32. The molecule has 1 fully saturated rings. The second-order valence-corrected chi connectivity index (χ2v) is 9.36. The molecule has 0 bridgehead atoms. The first-order valence-electron chi connectivity index (χ1n) is 9.99. The van der Waals surface area contributed by atoms with Crippen molar-refractivity contribution in [1.82, 2.24) is 9.21 Å². The zero-order valence-electron chi connectivity index (χ0n) is 16.8. The van der Waals surface area contributed by atoms with Gasteiger partial charge in [-0.15, -0.1) is 0 Å². The van der Waals surface area contributed by atoms with Crippen LogP contribution in [0.4, 0.5) is 5.69 Å². The molecule has 1 saturated heterocycles. The van der Waals surface area contributed by atoms with Gasteiger partial charge in [0.2, 0.25) is 10.0 Å². The second kappa shape index (κ2) is 8.59. The molecule has 4 rings (SSSR count). The van der Waals surface area contributed by atoms with Crippen molar-refractivity contribution in [2.24, 2.45) is 0 Å². The molecule has 1 amide bonds. The third-order valence-corrected chi connectivity index (χ3v) is 7.22. The van der Waals surface area contributed by atoms with E-state index in [9.17, 15) is 13.2 Å².